The van der Waals surface area contributed by atoms with Crippen LogP contribution in [0.15, 0.2) is 97.1 Å². The van der Waals surface area contributed by atoms with Gasteiger partial charge < -0.3 is 23.1 Å². The summed E-state index contributed by atoms with van der Waals surface area (Å²) in [5.41, 5.74) is -1.30. The van der Waals surface area contributed by atoms with E-state index < -0.39 is 18.1 Å². The molecule has 0 heterocycles. The maximum absolute atomic E-state index is 7.59. The van der Waals surface area contributed by atoms with Crippen LogP contribution in [0, 0.1) is 0 Å². The van der Waals surface area contributed by atoms with Crippen molar-refractivity contribution in [1.82, 2.24) is 0 Å². The second-order valence-electron chi connectivity index (χ2n) is 16.0. The highest BCUT2D eigenvalue weighted by Gasteiger charge is 2.29. The van der Waals surface area contributed by atoms with E-state index in [-0.39, 0.29) is 22.4 Å². The van der Waals surface area contributed by atoms with Crippen LogP contribution in [0.4, 0.5) is 0 Å². The minimum absolute atomic E-state index is 0.324. The molecule has 0 bridgehead atoms. The number of rotatable bonds is 10. The highest BCUT2D eigenvalue weighted by Crippen LogP contribution is 2.21. The molecular weight excluding hydrogens is 617 g/mol. The first-order chi connectivity index (χ1) is 21.7. The van der Waals surface area contributed by atoms with Gasteiger partial charge in [0.05, 0.1) is 0 Å². The van der Waals surface area contributed by atoms with E-state index >= 15 is 0 Å². The summed E-state index contributed by atoms with van der Waals surface area (Å²) >= 11 is 0. The smallest absolute Gasteiger partial charge is 0.229 e. The minimum Gasteiger partial charge on any atom is -0.488 e. The van der Waals surface area contributed by atoms with E-state index in [4.69, 9.17) is 23.1 Å². The van der Waals surface area contributed by atoms with Gasteiger partial charge in [-0.1, -0.05) is 48.5 Å². The molecular formula is C40H54O5Si2. The zero-order valence-electron chi connectivity index (χ0n) is 30.4. The van der Waals surface area contributed by atoms with Gasteiger partial charge in [-0.3, -0.25) is 0 Å². The van der Waals surface area contributed by atoms with E-state index in [1.807, 2.05) is 24.3 Å². The van der Waals surface area contributed by atoms with Crippen LogP contribution in [0.5, 0.6) is 23.0 Å². The molecule has 0 N–H and O–H groups in total. The van der Waals surface area contributed by atoms with E-state index in [9.17, 15) is 0 Å². The maximum Gasteiger partial charge on any atom is 0.229 e. The molecule has 0 fully saturated rings. The number of ether oxygens (including phenoxy) is 4. The molecule has 47 heavy (non-hydrogen) atoms. The van der Waals surface area contributed by atoms with Crippen molar-refractivity contribution in [2.24, 2.45) is 0 Å². The first-order valence-corrected chi connectivity index (χ1v) is 19.8. The Labute approximate surface area is 286 Å². The molecule has 0 aliphatic rings. The van der Waals surface area contributed by atoms with Crippen molar-refractivity contribution in [3.8, 4) is 23.0 Å². The van der Waals surface area contributed by atoms with Crippen LogP contribution in [0.25, 0.3) is 0 Å². The molecule has 4 aromatic carbocycles. The summed E-state index contributed by atoms with van der Waals surface area (Å²) in [6, 6.07) is 33.7. The molecule has 0 aromatic heterocycles. The quantitative estimate of drug-likeness (QED) is 0.174. The van der Waals surface area contributed by atoms with Gasteiger partial charge in [-0.15, -0.1) is 0 Å². The predicted octanol–water partition coefficient (Wildman–Crippen LogP) is 6.79. The second kappa shape index (κ2) is 14.3. The highest BCUT2D eigenvalue weighted by atomic mass is 28.4. The molecule has 252 valence electrons. The van der Waals surface area contributed by atoms with Crippen molar-refractivity contribution in [3.63, 3.8) is 0 Å². The third-order valence-corrected chi connectivity index (χ3v) is 12.6. The van der Waals surface area contributed by atoms with Crippen molar-refractivity contribution in [2.75, 3.05) is 0 Å². The van der Waals surface area contributed by atoms with Gasteiger partial charge in [-0.05, 0) is 152 Å². The van der Waals surface area contributed by atoms with Crippen molar-refractivity contribution in [3.05, 3.63) is 97.1 Å². The first-order valence-electron chi connectivity index (χ1n) is 16.5. The van der Waals surface area contributed by atoms with Gasteiger partial charge in [-0.25, -0.2) is 0 Å². The summed E-state index contributed by atoms with van der Waals surface area (Å²) in [7, 11) is -4.67. The highest BCUT2D eigenvalue weighted by molar-refractivity contribution is 6.91. The van der Waals surface area contributed by atoms with Crippen LogP contribution in [0.3, 0.4) is 0 Å². The van der Waals surface area contributed by atoms with Crippen molar-refractivity contribution in [2.45, 2.75) is 105 Å². The zero-order chi connectivity index (χ0) is 34.6. The summed E-state index contributed by atoms with van der Waals surface area (Å²) in [4.78, 5) is 0. The Morgan fingerprint density at radius 1 is 0.340 bits per heavy atom. The van der Waals surface area contributed by atoms with E-state index in [1.165, 1.54) is 0 Å². The number of benzene rings is 4. The second-order valence-corrected chi connectivity index (χ2v) is 21.3. The van der Waals surface area contributed by atoms with E-state index in [1.54, 1.807) is 0 Å². The number of hydrogen-bond acceptors (Lipinski definition) is 5. The fraction of sp³-hybridized carbons (Fsp3) is 0.400. The standard InChI is InChI=1S/C40H54O5Si2/c1-37(2,3)41-29-17-13-21-33(25-29)46(34-22-14-18-30(26-34)42-38(4,5)6)45-47(35-23-15-19-31(27-35)43-39(7,8)9)36-24-16-20-32(28-36)44-40(10,11)12/h13-28,46-47H,1-12H3. The SMILES string of the molecule is CC(C)(C)Oc1cccc([SiH](O[SiH](c2cccc(OC(C)(C)C)c2)c2cccc(OC(C)(C)C)c2)c2cccc(OC(C)(C)C)c2)c1. The lowest BCUT2D eigenvalue weighted by atomic mass is 10.2. The Hall–Kier alpha value is -3.53. The molecule has 0 aliphatic carbocycles. The Morgan fingerprint density at radius 2 is 0.553 bits per heavy atom. The molecule has 5 nitrogen and oxygen atoms in total. The Balaban J connectivity index is 1.89. The van der Waals surface area contributed by atoms with E-state index in [2.05, 4.69) is 156 Å². The third kappa shape index (κ3) is 11.9. The predicted molar refractivity (Wildman–Crippen MR) is 201 cm³/mol. The molecule has 4 rings (SSSR count). The Morgan fingerprint density at radius 3 is 0.745 bits per heavy atom. The Bertz CT molecular complexity index is 1380. The molecule has 0 saturated carbocycles. The lowest BCUT2D eigenvalue weighted by molar-refractivity contribution is 0.130. The molecule has 0 radical (unpaired) electrons. The summed E-state index contributed by atoms with van der Waals surface area (Å²) in [6.45, 7) is 24.8. The van der Waals surface area contributed by atoms with Gasteiger partial charge in [0.1, 0.15) is 45.4 Å². The summed E-state index contributed by atoms with van der Waals surface area (Å²) < 4.78 is 32.9. The van der Waals surface area contributed by atoms with Crippen LogP contribution in [0.1, 0.15) is 83.1 Å². The van der Waals surface area contributed by atoms with E-state index in [0.29, 0.717) is 0 Å². The molecule has 0 unspecified atom stereocenters. The molecule has 0 amide bonds. The Kier molecular flexibility index (Phi) is 11.0. The monoisotopic (exact) mass is 670 g/mol. The zero-order valence-corrected chi connectivity index (χ0v) is 32.7. The summed E-state index contributed by atoms with van der Waals surface area (Å²) in [6.07, 6.45) is 0. The van der Waals surface area contributed by atoms with Gasteiger partial charge in [0.25, 0.3) is 0 Å². The minimum atomic E-state index is -2.34. The van der Waals surface area contributed by atoms with Crippen LogP contribution < -0.4 is 39.7 Å². The molecule has 7 heteroatoms. The summed E-state index contributed by atoms with van der Waals surface area (Å²) in [5, 5.41) is 4.56. The summed E-state index contributed by atoms with van der Waals surface area (Å²) in [5.74, 6) is 3.32. The fourth-order valence-electron chi connectivity index (χ4n) is 5.21. The van der Waals surface area contributed by atoms with Crippen LogP contribution >= 0.6 is 0 Å². The molecule has 0 spiro atoms. The van der Waals surface area contributed by atoms with Crippen molar-refractivity contribution < 1.29 is 23.1 Å². The lowest BCUT2D eigenvalue weighted by Gasteiger charge is -2.28. The average molecular weight is 671 g/mol. The van der Waals surface area contributed by atoms with Crippen LogP contribution in [-0.2, 0) is 4.12 Å². The topological polar surface area (TPSA) is 46.2 Å². The molecule has 0 atom stereocenters. The van der Waals surface area contributed by atoms with Gasteiger partial charge in [0, 0.05) is 0 Å². The van der Waals surface area contributed by atoms with Crippen molar-refractivity contribution >= 4 is 38.8 Å². The normalized spacial score (nSPS) is 12.7. The van der Waals surface area contributed by atoms with Gasteiger partial charge in [0.2, 0.25) is 18.1 Å². The largest absolute Gasteiger partial charge is 0.488 e. The lowest BCUT2D eigenvalue weighted by Crippen LogP contribution is -2.56. The van der Waals surface area contributed by atoms with Gasteiger partial charge in [-0.2, -0.15) is 0 Å². The fourth-order valence-corrected chi connectivity index (χ4v) is 12.0. The molecule has 0 saturated heterocycles. The van der Waals surface area contributed by atoms with E-state index in [0.717, 1.165) is 43.7 Å². The van der Waals surface area contributed by atoms with Crippen LogP contribution in [0.2, 0.25) is 0 Å². The first kappa shape index (κ1) is 36.3. The van der Waals surface area contributed by atoms with Crippen LogP contribution in [-0.4, -0.2) is 40.5 Å². The maximum atomic E-state index is 7.59. The average Bonchev–Trinajstić information content (AvgIpc) is 2.90. The number of hydrogen-bond donors (Lipinski definition) is 0. The van der Waals surface area contributed by atoms with Gasteiger partial charge >= 0.3 is 0 Å². The molecule has 0 aliphatic heterocycles. The van der Waals surface area contributed by atoms with Gasteiger partial charge in [0.15, 0.2) is 0 Å². The third-order valence-electron chi connectivity index (χ3n) is 6.61. The van der Waals surface area contributed by atoms with Crippen molar-refractivity contribution in [1.29, 1.82) is 0 Å². The molecule has 4 aromatic rings.